The van der Waals surface area contributed by atoms with E-state index < -0.39 is 10.3 Å². The van der Waals surface area contributed by atoms with Gasteiger partial charge in [0.15, 0.2) is 0 Å². The minimum absolute atomic E-state index is 0.408. The molecule has 0 fully saturated rings. The van der Waals surface area contributed by atoms with Crippen molar-refractivity contribution >= 4 is 23.2 Å². The van der Waals surface area contributed by atoms with Gasteiger partial charge in [-0.2, -0.15) is 8.78 Å². The highest BCUT2D eigenvalue weighted by Gasteiger charge is 2.61. The predicted octanol–water partition coefficient (Wildman–Crippen LogP) is 4.24. The second-order valence-electron chi connectivity index (χ2n) is 3.73. The first-order valence-electron chi connectivity index (χ1n) is 4.63. The molecular formula is C10H10Cl2F2. The molecule has 0 saturated heterocycles. The van der Waals surface area contributed by atoms with Gasteiger partial charge in [-0.15, -0.1) is 0 Å². The molecule has 2 aliphatic rings. The van der Waals surface area contributed by atoms with Gasteiger partial charge in [-0.25, -0.2) is 0 Å². The molecule has 78 valence electrons. The molecule has 0 radical (unpaired) electrons. The van der Waals surface area contributed by atoms with Gasteiger partial charge < -0.3 is 0 Å². The van der Waals surface area contributed by atoms with Gasteiger partial charge in [0.1, 0.15) is 0 Å². The maximum absolute atomic E-state index is 13.0. The summed E-state index contributed by atoms with van der Waals surface area (Å²) in [5.41, 5.74) is 1.30. The topological polar surface area (TPSA) is 0 Å². The summed E-state index contributed by atoms with van der Waals surface area (Å²) in [6.07, 6.45) is 6.72. The third kappa shape index (κ3) is 1.40. The van der Waals surface area contributed by atoms with E-state index in [1.165, 1.54) is 0 Å². The van der Waals surface area contributed by atoms with Crippen molar-refractivity contribution in [2.24, 2.45) is 0 Å². The lowest BCUT2D eigenvalue weighted by Gasteiger charge is -2.40. The Morgan fingerprint density at radius 2 is 1.93 bits per heavy atom. The summed E-state index contributed by atoms with van der Waals surface area (Å²) >= 11 is 11.2. The summed E-state index contributed by atoms with van der Waals surface area (Å²) in [4.78, 5) is 0. The van der Waals surface area contributed by atoms with Crippen molar-refractivity contribution in [1.82, 2.24) is 0 Å². The van der Waals surface area contributed by atoms with E-state index in [9.17, 15) is 8.78 Å². The van der Waals surface area contributed by atoms with Gasteiger partial charge in [0.2, 0.25) is 4.33 Å². The SMILES string of the molecule is FC1(F)C=C(C2=CCCCC2)C1(Cl)Cl. The van der Waals surface area contributed by atoms with E-state index in [0.29, 0.717) is 5.57 Å². The fourth-order valence-corrected chi connectivity index (χ4v) is 2.30. The van der Waals surface area contributed by atoms with Crippen molar-refractivity contribution in [2.75, 3.05) is 0 Å². The molecule has 2 rings (SSSR count). The number of halogens is 4. The van der Waals surface area contributed by atoms with Crippen LogP contribution in [0.5, 0.6) is 0 Å². The Morgan fingerprint density at radius 3 is 2.36 bits per heavy atom. The van der Waals surface area contributed by atoms with E-state index in [1.807, 2.05) is 6.08 Å². The zero-order valence-electron chi connectivity index (χ0n) is 7.49. The van der Waals surface area contributed by atoms with Crippen LogP contribution in [0.3, 0.4) is 0 Å². The smallest absolute Gasteiger partial charge is 0.198 e. The molecule has 0 amide bonds. The lowest BCUT2D eigenvalue weighted by atomic mass is 9.82. The lowest BCUT2D eigenvalue weighted by Crippen LogP contribution is -2.47. The van der Waals surface area contributed by atoms with Crippen LogP contribution in [0, 0.1) is 0 Å². The summed E-state index contributed by atoms with van der Waals surface area (Å²) in [5, 5.41) is 0. The van der Waals surface area contributed by atoms with E-state index in [0.717, 1.165) is 37.3 Å². The molecule has 0 nitrogen and oxygen atoms in total. The molecule has 0 aliphatic heterocycles. The van der Waals surface area contributed by atoms with Crippen molar-refractivity contribution in [2.45, 2.75) is 35.9 Å². The summed E-state index contributed by atoms with van der Waals surface area (Å²) in [6.45, 7) is 0. The maximum atomic E-state index is 13.0. The quantitative estimate of drug-likeness (QED) is 0.600. The number of hydrogen-bond donors (Lipinski definition) is 0. The van der Waals surface area contributed by atoms with Crippen molar-refractivity contribution in [3.05, 3.63) is 23.3 Å². The molecule has 0 unspecified atom stereocenters. The van der Waals surface area contributed by atoms with Crippen molar-refractivity contribution in [1.29, 1.82) is 0 Å². The van der Waals surface area contributed by atoms with Crippen LogP contribution < -0.4 is 0 Å². The summed E-state index contributed by atoms with van der Waals surface area (Å²) in [6, 6.07) is 0. The van der Waals surface area contributed by atoms with E-state index >= 15 is 0 Å². The van der Waals surface area contributed by atoms with Gasteiger partial charge in [-0.1, -0.05) is 29.3 Å². The van der Waals surface area contributed by atoms with Gasteiger partial charge in [0.05, 0.1) is 0 Å². The normalized spacial score (nSPS) is 28.9. The molecule has 0 saturated carbocycles. The first-order valence-corrected chi connectivity index (χ1v) is 5.39. The van der Waals surface area contributed by atoms with Crippen LogP contribution in [0.25, 0.3) is 0 Å². The van der Waals surface area contributed by atoms with Gasteiger partial charge >= 0.3 is 5.92 Å². The van der Waals surface area contributed by atoms with Gasteiger partial charge in [-0.3, -0.25) is 0 Å². The molecule has 0 aromatic carbocycles. The van der Waals surface area contributed by atoms with Crippen LogP contribution in [0.15, 0.2) is 23.3 Å². The standard InChI is InChI=1S/C10H10Cl2F2/c11-10(12)8(6-9(10,13)14)7-4-2-1-3-5-7/h4,6H,1-3,5H2. The Kier molecular flexibility index (Phi) is 2.39. The molecule has 14 heavy (non-hydrogen) atoms. The number of rotatable bonds is 1. The van der Waals surface area contributed by atoms with E-state index in [1.54, 1.807) is 0 Å². The molecule has 4 heteroatoms. The second-order valence-corrected chi connectivity index (χ2v) is 5.06. The average molecular weight is 239 g/mol. The van der Waals surface area contributed by atoms with Crippen molar-refractivity contribution in [3.8, 4) is 0 Å². The van der Waals surface area contributed by atoms with Crippen molar-refractivity contribution in [3.63, 3.8) is 0 Å². The van der Waals surface area contributed by atoms with Crippen LogP contribution in [-0.2, 0) is 0 Å². The molecule has 0 spiro atoms. The minimum Gasteiger partial charge on any atom is -0.198 e. The molecule has 0 heterocycles. The average Bonchev–Trinajstić information content (AvgIpc) is 2.16. The van der Waals surface area contributed by atoms with Crippen molar-refractivity contribution < 1.29 is 8.78 Å². The number of alkyl halides is 4. The Balaban J connectivity index is 2.26. The Hall–Kier alpha value is -0.0800. The Bertz CT molecular complexity index is 316. The monoisotopic (exact) mass is 238 g/mol. The molecular weight excluding hydrogens is 229 g/mol. The maximum Gasteiger partial charge on any atom is 0.303 e. The van der Waals surface area contributed by atoms with Gasteiger partial charge in [-0.05, 0) is 42.9 Å². The van der Waals surface area contributed by atoms with Gasteiger partial charge in [0, 0.05) is 0 Å². The van der Waals surface area contributed by atoms with E-state index in [4.69, 9.17) is 23.2 Å². The highest BCUT2D eigenvalue weighted by molar-refractivity contribution is 6.52. The molecule has 0 aromatic rings. The van der Waals surface area contributed by atoms with Crippen LogP contribution in [0.2, 0.25) is 0 Å². The largest absolute Gasteiger partial charge is 0.303 e. The van der Waals surface area contributed by atoms with E-state index in [-0.39, 0.29) is 0 Å². The number of allylic oxidation sites excluding steroid dienone is 4. The van der Waals surface area contributed by atoms with Crippen LogP contribution in [0.1, 0.15) is 25.7 Å². The minimum atomic E-state index is -3.08. The first-order chi connectivity index (χ1) is 6.45. The fourth-order valence-electron chi connectivity index (χ4n) is 1.84. The Morgan fingerprint density at radius 1 is 1.21 bits per heavy atom. The zero-order valence-corrected chi connectivity index (χ0v) is 9.01. The third-order valence-electron chi connectivity index (χ3n) is 2.72. The summed E-state index contributed by atoms with van der Waals surface area (Å²) in [7, 11) is 0. The van der Waals surface area contributed by atoms with E-state index in [2.05, 4.69) is 0 Å². The van der Waals surface area contributed by atoms with Crippen LogP contribution in [0.4, 0.5) is 8.78 Å². The van der Waals surface area contributed by atoms with Crippen LogP contribution in [-0.4, -0.2) is 10.3 Å². The molecule has 0 bridgehead atoms. The fraction of sp³-hybridized carbons (Fsp3) is 0.600. The molecule has 0 atom stereocenters. The Labute approximate surface area is 91.6 Å². The highest BCUT2D eigenvalue weighted by Crippen LogP contribution is 2.56. The first kappa shape index (κ1) is 10.4. The summed E-state index contributed by atoms with van der Waals surface area (Å²) < 4.78 is 23.9. The molecule has 2 aliphatic carbocycles. The highest BCUT2D eigenvalue weighted by atomic mass is 35.5. The zero-order chi connectivity index (χ0) is 10.4. The summed E-state index contributed by atoms with van der Waals surface area (Å²) in [5.74, 6) is -3.08. The second kappa shape index (κ2) is 3.21. The number of hydrogen-bond acceptors (Lipinski definition) is 0. The lowest BCUT2D eigenvalue weighted by molar-refractivity contribution is 0.0254. The predicted molar refractivity (Wildman–Crippen MR) is 54.0 cm³/mol. The van der Waals surface area contributed by atoms with Crippen LogP contribution >= 0.6 is 23.2 Å². The third-order valence-corrected chi connectivity index (χ3v) is 3.63. The molecule has 0 N–H and O–H groups in total. The molecule has 0 aromatic heterocycles. The van der Waals surface area contributed by atoms with Gasteiger partial charge in [0.25, 0.3) is 0 Å².